The van der Waals surface area contributed by atoms with Gasteiger partial charge in [0.25, 0.3) is 0 Å². The van der Waals surface area contributed by atoms with E-state index in [9.17, 15) is 0 Å². The molecule has 0 aromatic carbocycles. The molecule has 0 atom stereocenters. The molecule has 2 heterocycles. The van der Waals surface area contributed by atoms with Crippen molar-refractivity contribution in [3.8, 4) is 0 Å². The molecule has 2 rings (SSSR count). The van der Waals surface area contributed by atoms with Gasteiger partial charge in [0.1, 0.15) is 0 Å². The number of hydrogen-bond donors (Lipinski definition) is 0. The predicted molar refractivity (Wildman–Crippen MR) is 137 cm³/mol. The maximum Gasteiger partial charge on any atom is 0.0824 e. The zero-order chi connectivity index (χ0) is 25.1. The number of rotatable bonds is 10. The molecule has 0 unspecified atom stereocenters. The van der Waals surface area contributed by atoms with Crippen molar-refractivity contribution in [3.63, 3.8) is 0 Å². The van der Waals surface area contributed by atoms with E-state index in [2.05, 4.69) is 86.3 Å². The standard InChI is InChI=1S/C27H54N4O2/c1-12-14-16-32-30-23(3,4)18-22(19-24(30,5)6)28-29-27(11)20-25(7,8)31(26(9,10)21-27)33-17-15-13-2/h22H,12-21H2,1-11H3. The van der Waals surface area contributed by atoms with E-state index in [-0.39, 0.29) is 33.7 Å². The average molecular weight is 467 g/mol. The molecule has 33 heavy (non-hydrogen) atoms. The molecule has 0 spiro atoms. The SMILES string of the molecule is CCCCON1C(C)(C)CC(N=NC2(C)CC(C)(C)N(OCCCC)C(C)(C)C2)CC1(C)C. The van der Waals surface area contributed by atoms with Crippen molar-refractivity contribution in [1.29, 1.82) is 0 Å². The molecular formula is C27H54N4O2. The minimum atomic E-state index is -0.194. The number of hydrogen-bond acceptors (Lipinski definition) is 6. The lowest BCUT2D eigenvalue weighted by Crippen LogP contribution is -2.64. The first-order valence-electron chi connectivity index (χ1n) is 13.4. The second kappa shape index (κ2) is 10.6. The molecule has 2 aliphatic rings. The summed E-state index contributed by atoms with van der Waals surface area (Å²) >= 11 is 0. The molecule has 0 N–H and O–H groups in total. The van der Waals surface area contributed by atoms with Gasteiger partial charge in [0.05, 0.1) is 24.8 Å². The Kier molecular flexibility index (Phi) is 9.21. The van der Waals surface area contributed by atoms with E-state index < -0.39 is 0 Å². The van der Waals surface area contributed by atoms with Gasteiger partial charge >= 0.3 is 0 Å². The van der Waals surface area contributed by atoms with Crippen LogP contribution in [-0.4, -0.2) is 57.1 Å². The molecular weight excluding hydrogens is 412 g/mol. The van der Waals surface area contributed by atoms with E-state index in [0.29, 0.717) is 0 Å². The van der Waals surface area contributed by atoms with Gasteiger partial charge in [0, 0.05) is 22.2 Å². The largest absolute Gasteiger partial charge is 0.298 e. The third kappa shape index (κ3) is 7.22. The van der Waals surface area contributed by atoms with Gasteiger partial charge in [-0.1, -0.05) is 26.7 Å². The van der Waals surface area contributed by atoms with Gasteiger partial charge in [-0.3, -0.25) is 9.68 Å². The molecule has 194 valence electrons. The van der Waals surface area contributed by atoms with E-state index in [1.54, 1.807) is 0 Å². The van der Waals surface area contributed by atoms with Gasteiger partial charge in [-0.05, 0) is 101 Å². The molecule has 0 aromatic heterocycles. The summed E-state index contributed by atoms with van der Waals surface area (Å²) in [6.07, 6.45) is 8.27. The fraction of sp³-hybridized carbons (Fsp3) is 1.00. The normalized spacial score (nSPS) is 27.2. The lowest BCUT2D eigenvalue weighted by Gasteiger charge is -2.56. The summed E-state index contributed by atoms with van der Waals surface area (Å²) in [5.74, 6) is 0. The van der Waals surface area contributed by atoms with Crippen LogP contribution in [0, 0.1) is 0 Å². The number of piperidine rings is 2. The number of azo groups is 1. The molecule has 6 heteroatoms. The van der Waals surface area contributed by atoms with Crippen LogP contribution >= 0.6 is 0 Å². The van der Waals surface area contributed by atoms with Crippen molar-refractivity contribution in [2.75, 3.05) is 13.2 Å². The fourth-order valence-electron chi connectivity index (χ4n) is 6.77. The third-order valence-electron chi connectivity index (χ3n) is 7.20. The van der Waals surface area contributed by atoms with E-state index in [0.717, 1.165) is 64.6 Å². The fourth-order valence-corrected chi connectivity index (χ4v) is 6.77. The highest BCUT2D eigenvalue weighted by atomic mass is 16.7. The van der Waals surface area contributed by atoms with Crippen LogP contribution < -0.4 is 0 Å². The lowest BCUT2D eigenvalue weighted by molar-refractivity contribution is -0.289. The van der Waals surface area contributed by atoms with Crippen LogP contribution in [0.3, 0.4) is 0 Å². The Balaban J connectivity index is 2.13. The van der Waals surface area contributed by atoms with E-state index in [1.165, 1.54) is 0 Å². The maximum absolute atomic E-state index is 6.29. The minimum Gasteiger partial charge on any atom is -0.298 e. The van der Waals surface area contributed by atoms with Gasteiger partial charge in [-0.15, -0.1) is 0 Å². The second-order valence-electron chi connectivity index (χ2n) is 13.3. The Hall–Kier alpha value is -0.560. The summed E-state index contributed by atoms with van der Waals surface area (Å²) in [4.78, 5) is 12.6. The third-order valence-corrected chi connectivity index (χ3v) is 7.20. The highest BCUT2D eigenvalue weighted by Crippen LogP contribution is 2.46. The van der Waals surface area contributed by atoms with Gasteiger partial charge in [0.2, 0.25) is 0 Å². The molecule has 0 radical (unpaired) electrons. The molecule has 0 aromatic rings. The molecule has 6 nitrogen and oxygen atoms in total. The topological polar surface area (TPSA) is 49.7 Å². The number of hydroxylamine groups is 4. The van der Waals surface area contributed by atoms with Gasteiger partial charge < -0.3 is 0 Å². The first-order chi connectivity index (χ1) is 15.1. The van der Waals surface area contributed by atoms with Crippen molar-refractivity contribution in [3.05, 3.63) is 0 Å². The van der Waals surface area contributed by atoms with Gasteiger partial charge in [-0.25, -0.2) is 0 Å². The van der Waals surface area contributed by atoms with Crippen LogP contribution in [0.4, 0.5) is 0 Å². The Labute approximate surface area is 204 Å². The van der Waals surface area contributed by atoms with Crippen molar-refractivity contribution in [2.24, 2.45) is 10.2 Å². The summed E-state index contributed by atoms with van der Waals surface area (Å²) in [6.45, 7) is 26.5. The lowest BCUT2D eigenvalue weighted by atomic mass is 9.72. The first-order valence-corrected chi connectivity index (χ1v) is 13.4. The molecule has 2 saturated heterocycles. The summed E-state index contributed by atoms with van der Waals surface area (Å²) < 4.78 is 0. The Morgan fingerprint density at radius 1 is 0.667 bits per heavy atom. The quantitative estimate of drug-likeness (QED) is 0.250. The highest BCUT2D eigenvalue weighted by Gasteiger charge is 2.52. The van der Waals surface area contributed by atoms with Crippen LogP contribution in [0.5, 0.6) is 0 Å². The highest BCUT2D eigenvalue weighted by molar-refractivity contribution is 5.06. The Bertz CT molecular complexity index is 621. The number of nitrogens with zero attached hydrogens (tertiary/aromatic N) is 4. The van der Waals surface area contributed by atoms with Crippen molar-refractivity contribution < 1.29 is 9.68 Å². The van der Waals surface area contributed by atoms with Crippen LogP contribution in [0.15, 0.2) is 10.2 Å². The molecule has 2 fully saturated rings. The first kappa shape index (κ1) is 28.7. The van der Waals surface area contributed by atoms with E-state index in [1.807, 2.05) is 0 Å². The van der Waals surface area contributed by atoms with Crippen LogP contribution in [0.25, 0.3) is 0 Å². The molecule has 0 bridgehead atoms. The summed E-state index contributed by atoms with van der Waals surface area (Å²) in [5.41, 5.74) is -0.540. The second-order valence-corrected chi connectivity index (χ2v) is 13.3. The van der Waals surface area contributed by atoms with Gasteiger partial charge in [0.15, 0.2) is 0 Å². The van der Waals surface area contributed by atoms with Crippen molar-refractivity contribution >= 4 is 0 Å². The summed E-state index contributed by atoms with van der Waals surface area (Å²) in [7, 11) is 0. The Morgan fingerprint density at radius 3 is 1.45 bits per heavy atom. The van der Waals surface area contributed by atoms with Crippen LogP contribution in [0.2, 0.25) is 0 Å². The predicted octanol–water partition coefficient (Wildman–Crippen LogP) is 7.34. The monoisotopic (exact) mass is 466 g/mol. The zero-order valence-electron chi connectivity index (χ0n) is 23.8. The van der Waals surface area contributed by atoms with Gasteiger partial charge in [-0.2, -0.15) is 20.4 Å². The van der Waals surface area contributed by atoms with E-state index >= 15 is 0 Å². The molecule has 0 aliphatic carbocycles. The average Bonchev–Trinajstić information content (AvgIpc) is 2.63. The van der Waals surface area contributed by atoms with E-state index in [4.69, 9.17) is 19.9 Å². The zero-order valence-corrected chi connectivity index (χ0v) is 23.8. The van der Waals surface area contributed by atoms with Crippen molar-refractivity contribution in [2.45, 2.75) is 161 Å². The smallest absolute Gasteiger partial charge is 0.0824 e. The van der Waals surface area contributed by atoms with Crippen molar-refractivity contribution in [1.82, 2.24) is 10.1 Å². The molecule has 2 aliphatic heterocycles. The van der Waals surface area contributed by atoms with Crippen LogP contribution in [-0.2, 0) is 9.68 Å². The number of unbranched alkanes of at least 4 members (excludes halogenated alkanes) is 2. The molecule has 0 saturated carbocycles. The Morgan fingerprint density at radius 2 is 1.06 bits per heavy atom. The summed E-state index contributed by atoms with van der Waals surface area (Å²) in [6, 6.07) is 0.211. The summed E-state index contributed by atoms with van der Waals surface area (Å²) in [5, 5.41) is 14.6. The maximum atomic E-state index is 6.29. The van der Waals surface area contributed by atoms with Crippen LogP contribution in [0.1, 0.15) is 128 Å². The molecule has 0 amide bonds. The minimum absolute atomic E-state index is 0.0743.